The van der Waals surface area contributed by atoms with Gasteiger partial charge in [-0.05, 0) is 49.4 Å². The molecule has 1 spiro atoms. The Morgan fingerprint density at radius 2 is 1.80 bits per heavy atom. The van der Waals surface area contributed by atoms with Gasteiger partial charge in [-0.1, -0.05) is 13.8 Å². The first-order chi connectivity index (χ1) is 24.0. The molecule has 51 heavy (non-hydrogen) atoms. The third-order valence-corrected chi connectivity index (χ3v) is 10.1. The standard InChI is InChI=1S/C35H54N4O12/c1-20(2)16-50-17-27(43)38-8-6-34(18-38)19-49-11-10-39(34)9-7-35(33(47)48)14-25(41)28(37-23(5)40)31(51-35)30(45)26(42)15-36-32(46)24-12-21(3)29(44)22(4)13-24/h12-13,20,25-26,28,30-31,41-42,44-45H,6-11,14-19H2,1-5H3,(H,36,46)(H,37,40)(H,47,48)/t25-,26+,28+,30+,31+,34-,35+/m0/s1. The molecule has 3 fully saturated rings. The number of aliphatic hydroxyl groups excluding tert-OH is 3. The van der Waals surface area contributed by atoms with Crippen LogP contribution in [0.15, 0.2) is 12.1 Å². The molecule has 1 aromatic rings. The Hall–Kier alpha value is -3.38. The maximum Gasteiger partial charge on any atom is 0.336 e. The number of hydrogen-bond donors (Lipinski definition) is 7. The first-order valence-electron chi connectivity index (χ1n) is 17.5. The number of aryl methyl sites for hydroxylation is 2. The lowest BCUT2D eigenvalue weighted by atomic mass is 9.81. The van der Waals surface area contributed by atoms with Gasteiger partial charge in [0.25, 0.3) is 5.91 Å². The van der Waals surface area contributed by atoms with Gasteiger partial charge in [0.15, 0.2) is 5.60 Å². The number of nitrogens with one attached hydrogen (secondary N) is 2. The fourth-order valence-corrected chi connectivity index (χ4v) is 7.24. The van der Waals surface area contributed by atoms with E-state index >= 15 is 0 Å². The highest BCUT2D eigenvalue weighted by molar-refractivity contribution is 5.95. The predicted molar refractivity (Wildman–Crippen MR) is 182 cm³/mol. The van der Waals surface area contributed by atoms with E-state index in [1.165, 1.54) is 19.1 Å². The average molecular weight is 723 g/mol. The molecule has 7 N–H and O–H groups in total. The minimum absolute atomic E-state index is 0.0339. The van der Waals surface area contributed by atoms with Gasteiger partial charge in [-0.25, -0.2) is 4.79 Å². The van der Waals surface area contributed by atoms with E-state index < -0.39 is 72.3 Å². The molecule has 0 unspecified atom stereocenters. The van der Waals surface area contributed by atoms with E-state index in [0.717, 1.165) is 0 Å². The molecule has 16 heteroatoms. The normalized spacial score (nSPS) is 28.1. The number of morpholine rings is 1. The quantitative estimate of drug-likeness (QED) is 0.126. The zero-order valence-corrected chi connectivity index (χ0v) is 30.1. The Balaban J connectivity index is 1.48. The highest BCUT2D eigenvalue weighted by atomic mass is 16.6. The van der Waals surface area contributed by atoms with E-state index in [4.69, 9.17) is 14.2 Å². The lowest BCUT2D eigenvalue weighted by Gasteiger charge is -2.49. The summed E-state index contributed by atoms with van der Waals surface area (Å²) in [4.78, 5) is 54.6. The molecular weight excluding hydrogens is 668 g/mol. The molecule has 3 heterocycles. The second kappa shape index (κ2) is 17.0. The van der Waals surface area contributed by atoms with Crippen LogP contribution in [0.25, 0.3) is 0 Å². The molecule has 0 aliphatic carbocycles. The lowest BCUT2D eigenvalue weighted by molar-refractivity contribution is -0.231. The maximum absolute atomic E-state index is 13.0. The number of likely N-dealkylation sites (tertiary alicyclic amines) is 1. The van der Waals surface area contributed by atoms with Crippen LogP contribution in [0.3, 0.4) is 0 Å². The summed E-state index contributed by atoms with van der Waals surface area (Å²) in [6.45, 7) is 10.6. The number of nitrogens with zero attached hydrogens (tertiary/aromatic N) is 2. The molecule has 0 radical (unpaired) electrons. The van der Waals surface area contributed by atoms with Crippen molar-refractivity contribution in [3.05, 3.63) is 28.8 Å². The number of phenolic OH excluding ortho intramolecular Hbond substituents is 1. The van der Waals surface area contributed by atoms with Crippen molar-refractivity contribution in [3.63, 3.8) is 0 Å². The Labute approximate surface area is 298 Å². The van der Waals surface area contributed by atoms with Crippen molar-refractivity contribution in [1.29, 1.82) is 0 Å². The highest BCUT2D eigenvalue weighted by Gasteiger charge is 2.55. The molecule has 16 nitrogen and oxygen atoms in total. The van der Waals surface area contributed by atoms with E-state index in [1.807, 2.05) is 13.8 Å². The molecule has 3 saturated heterocycles. The number of ether oxygens (including phenoxy) is 3. The fraction of sp³-hybridized carbons (Fsp3) is 0.714. The van der Waals surface area contributed by atoms with Crippen molar-refractivity contribution in [3.8, 4) is 5.75 Å². The predicted octanol–water partition coefficient (Wildman–Crippen LogP) is -0.695. The molecule has 0 saturated carbocycles. The third kappa shape index (κ3) is 9.54. The summed E-state index contributed by atoms with van der Waals surface area (Å²) in [7, 11) is 0. The molecule has 4 rings (SSSR count). The zero-order chi connectivity index (χ0) is 37.7. The van der Waals surface area contributed by atoms with Crippen molar-refractivity contribution >= 4 is 23.7 Å². The van der Waals surface area contributed by atoms with Crippen molar-refractivity contribution in [2.24, 2.45) is 5.92 Å². The highest BCUT2D eigenvalue weighted by Crippen LogP contribution is 2.37. The number of amides is 3. The van der Waals surface area contributed by atoms with Crippen LogP contribution in [0.2, 0.25) is 0 Å². The molecule has 0 aromatic heterocycles. The van der Waals surface area contributed by atoms with Crippen molar-refractivity contribution in [2.45, 2.75) is 95.5 Å². The zero-order valence-electron chi connectivity index (χ0n) is 30.1. The van der Waals surface area contributed by atoms with Crippen LogP contribution in [0.4, 0.5) is 0 Å². The maximum atomic E-state index is 13.0. The minimum atomic E-state index is -2.03. The van der Waals surface area contributed by atoms with Gasteiger partial charge in [-0.15, -0.1) is 0 Å². The van der Waals surface area contributed by atoms with Crippen molar-refractivity contribution in [2.75, 3.05) is 59.2 Å². The number of carbonyl (C=O) groups is 4. The van der Waals surface area contributed by atoms with E-state index in [1.54, 1.807) is 18.7 Å². The van der Waals surface area contributed by atoms with E-state index in [9.17, 15) is 44.7 Å². The summed E-state index contributed by atoms with van der Waals surface area (Å²) >= 11 is 0. The second-order valence-corrected chi connectivity index (χ2v) is 14.6. The number of carboxylic acid groups (broad SMARTS) is 1. The van der Waals surface area contributed by atoms with Crippen LogP contribution in [-0.4, -0.2) is 160 Å². The van der Waals surface area contributed by atoms with Crippen molar-refractivity contribution in [1.82, 2.24) is 20.4 Å². The SMILES string of the molecule is CC(=O)N[C@H]1[C@H]([C@H](O)[C@H](O)CNC(=O)c2cc(C)c(O)c(C)c2)O[C@@](CCN2CCOC[C@@]23CCN(C(=O)COCC(C)C)C3)(C(=O)O)C[C@@H]1O. The summed E-state index contributed by atoms with van der Waals surface area (Å²) in [5, 5.41) is 59.2. The number of benzene rings is 1. The number of aromatic hydroxyl groups is 1. The van der Waals surface area contributed by atoms with Crippen LogP contribution < -0.4 is 10.6 Å². The van der Waals surface area contributed by atoms with Gasteiger partial charge in [0.2, 0.25) is 11.8 Å². The summed E-state index contributed by atoms with van der Waals surface area (Å²) in [5.74, 6) is -2.36. The summed E-state index contributed by atoms with van der Waals surface area (Å²) in [5.41, 5.74) is -1.43. The summed E-state index contributed by atoms with van der Waals surface area (Å²) in [6.07, 6.45) is -6.55. The minimum Gasteiger partial charge on any atom is -0.507 e. The number of hydrogen-bond acceptors (Lipinski definition) is 12. The monoisotopic (exact) mass is 722 g/mol. The van der Waals surface area contributed by atoms with Gasteiger partial charge in [-0.3, -0.25) is 19.3 Å². The molecule has 3 amide bonds. The largest absolute Gasteiger partial charge is 0.507 e. The van der Waals surface area contributed by atoms with Gasteiger partial charge >= 0.3 is 5.97 Å². The molecule has 286 valence electrons. The number of carbonyl (C=O) groups excluding carboxylic acids is 3. The number of aliphatic carboxylic acids is 1. The average Bonchev–Trinajstić information content (AvgIpc) is 3.49. The third-order valence-electron chi connectivity index (χ3n) is 10.1. The summed E-state index contributed by atoms with van der Waals surface area (Å²) in [6, 6.07) is 1.66. The Morgan fingerprint density at radius 3 is 2.43 bits per heavy atom. The first kappa shape index (κ1) is 40.4. The van der Waals surface area contributed by atoms with Crippen LogP contribution in [0, 0.1) is 19.8 Å². The molecule has 3 aliphatic rings. The number of aliphatic hydroxyl groups is 3. The second-order valence-electron chi connectivity index (χ2n) is 14.6. The number of carboxylic acids is 1. The summed E-state index contributed by atoms with van der Waals surface area (Å²) < 4.78 is 17.5. The van der Waals surface area contributed by atoms with Gasteiger partial charge in [0.05, 0.1) is 37.0 Å². The molecular formula is C35H54N4O12. The Bertz CT molecular complexity index is 1400. The van der Waals surface area contributed by atoms with Gasteiger partial charge in [-0.2, -0.15) is 0 Å². The van der Waals surface area contributed by atoms with Crippen LogP contribution >= 0.6 is 0 Å². The Morgan fingerprint density at radius 1 is 1.12 bits per heavy atom. The fourth-order valence-electron chi connectivity index (χ4n) is 7.24. The Kier molecular flexibility index (Phi) is 13.4. The van der Waals surface area contributed by atoms with Crippen LogP contribution in [0.5, 0.6) is 5.75 Å². The topological polar surface area (TPSA) is 228 Å². The van der Waals surface area contributed by atoms with Gasteiger partial charge in [0.1, 0.15) is 24.6 Å². The van der Waals surface area contributed by atoms with Crippen molar-refractivity contribution < 1.29 is 58.9 Å². The number of phenols is 1. The van der Waals surface area contributed by atoms with Gasteiger partial charge < -0.3 is 55.3 Å². The van der Waals surface area contributed by atoms with Crippen LogP contribution in [-0.2, 0) is 28.6 Å². The smallest absolute Gasteiger partial charge is 0.336 e. The number of rotatable bonds is 14. The molecule has 3 aliphatic heterocycles. The van der Waals surface area contributed by atoms with Gasteiger partial charge in [0, 0.05) is 64.7 Å². The van der Waals surface area contributed by atoms with Crippen LogP contribution in [0.1, 0.15) is 61.5 Å². The van der Waals surface area contributed by atoms with E-state index in [-0.39, 0.29) is 42.7 Å². The molecule has 1 aromatic carbocycles. The van der Waals surface area contributed by atoms with E-state index in [0.29, 0.717) is 57.0 Å². The first-order valence-corrected chi connectivity index (χ1v) is 17.5. The van der Waals surface area contributed by atoms with E-state index in [2.05, 4.69) is 15.5 Å². The molecule has 0 bridgehead atoms. The lowest BCUT2D eigenvalue weighted by Crippen LogP contribution is -2.68. The molecule has 7 atom stereocenters.